The van der Waals surface area contributed by atoms with E-state index in [2.05, 4.69) is 20.9 Å². The predicted octanol–water partition coefficient (Wildman–Crippen LogP) is 4.21. The van der Waals surface area contributed by atoms with Crippen LogP contribution in [0.1, 0.15) is 23.0 Å². The Kier molecular flexibility index (Phi) is 3.42. The van der Waals surface area contributed by atoms with Gasteiger partial charge in [0, 0.05) is 6.20 Å². The minimum atomic E-state index is -4.40. The molecule has 1 nitrogen and oxygen atoms in total. The van der Waals surface area contributed by atoms with Gasteiger partial charge in [-0.15, -0.1) is 0 Å². The first-order chi connectivity index (χ1) is 6.32. The van der Waals surface area contributed by atoms with Crippen LogP contribution >= 0.6 is 27.5 Å². The highest BCUT2D eigenvalue weighted by molar-refractivity contribution is 9.09. The first kappa shape index (κ1) is 11.8. The third-order valence-electron chi connectivity index (χ3n) is 1.57. The lowest BCUT2D eigenvalue weighted by molar-refractivity contribution is -0.137. The molecular weight excluding hydrogens is 282 g/mol. The summed E-state index contributed by atoms with van der Waals surface area (Å²) in [6, 6.07) is 0.877. The standard InChI is InChI=1S/C8H6BrClF3N/c1-4(9)7-6(10)2-5(3-14-7)8(11,12)13/h2-4H,1H3/t4-/m0/s1. The molecule has 0 aliphatic carbocycles. The molecule has 14 heavy (non-hydrogen) atoms. The van der Waals surface area contributed by atoms with Crippen LogP contribution in [-0.4, -0.2) is 4.98 Å². The van der Waals surface area contributed by atoms with Crippen LogP contribution < -0.4 is 0 Å². The van der Waals surface area contributed by atoms with Crippen LogP contribution in [-0.2, 0) is 6.18 Å². The van der Waals surface area contributed by atoms with Crippen LogP contribution in [0.5, 0.6) is 0 Å². The number of halogens is 5. The van der Waals surface area contributed by atoms with Crippen molar-refractivity contribution in [2.75, 3.05) is 0 Å². The molecule has 0 saturated carbocycles. The molecule has 1 atom stereocenters. The van der Waals surface area contributed by atoms with E-state index in [-0.39, 0.29) is 9.85 Å². The van der Waals surface area contributed by atoms with Gasteiger partial charge in [0.2, 0.25) is 0 Å². The maximum atomic E-state index is 12.2. The van der Waals surface area contributed by atoms with Gasteiger partial charge >= 0.3 is 6.18 Å². The zero-order valence-corrected chi connectivity index (χ0v) is 9.41. The van der Waals surface area contributed by atoms with Gasteiger partial charge in [-0.3, -0.25) is 4.98 Å². The largest absolute Gasteiger partial charge is 0.417 e. The van der Waals surface area contributed by atoms with E-state index in [9.17, 15) is 13.2 Å². The molecule has 0 spiro atoms. The van der Waals surface area contributed by atoms with E-state index in [1.54, 1.807) is 6.92 Å². The van der Waals surface area contributed by atoms with Gasteiger partial charge in [-0.25, -0.2) is 0 Å². The van der Waals surface area contributed by atoms with E-state index in [1.165, 1.54) is 0 Å². The van der Waals surface area contributed by atoms with E-state index in [4.69, 9.17) is 11.6 Å². The lowest BCUT2D eigenvalue weighted by Crippen LogP contribution is -2.06. The smallest absolute Gasteiger partial charge is 0.258 e. The summed E-state index contributed by atoms with van der Waals surface area (Å²) in [4.78, 5) is 3.48. The Morgan fingerprint density at radius 1 is 1.50 bits per heavy atom. The first-order valence-electron chi connectivity index (χ1n) is 3.69. The van der Waals surface area contributed by atoms with Crippen molar-refractivity contribution in [3.8, 4) is 0 Å². The Bertz CT molecular complexity index is 338. The highest BCUT2D eigenvalue weighted by Gasteiger charge is 2.31. The number of hydrogen-bond donors (Lipinski definition) is 0. The fourth-order valence-corrected chi connectivity index (χ4v) is 1.72. The van der Waals surface area contributed by atoms with Crippen LogP contribution in [0, 0.1) is 0 Å². The maximum Gasteiger partial charge on any atom is 0.417 e. The van der Waals surface area contributed by atoms with Crippen LogP contribution in [0.3, 0.4) is 0 Å². The minimum absolute atomic E-state index is 0.0178. The molecule has 1 aromatic heterocycles. The second kappa shape index (κ2) is 4.06. The Labute approximate surface area is 92.4 Å². The number of aromatic nitrogens is 1. The van der Waals surface area contributed by atoms with Crippen LogP contribution in [0.4, 0.5) is 13.2 Å². The molecule has 0 bridgehead atoms. The molecule has 0 aliphatic heterocycles. The Morgan fingerprint density at radius 3 is 2.43 bits per heavy atom. The summed E-state index contributed by atoms with van der Waals surface area (Å²) in [5.74, 6) is 0. The third kappa shape index (κ3) is 2.60. The first-order valence-corrected chi connectivity index (χ1v) is 4.98. The molecule has 1 rings (SSSR count). The molecule has 0 amide bonds. The fraction of sp³-hybridized carbons (Fsp3) is 0.375. The monoisotopic (exact) mass is 287 g/mol. The van der Waals surface area contributed by atoms with Crippen LogP contribution in [0.15, 0.2) is 12.3 Å². The highest BCUT2D eigenvalue weighted by Crippen LogP contribution is 2.33. The summed E-state index contributed by atoms with van der Waals surface area (Å²) < 4.78 is 36.6. The van der Waals surface area contributed by atoms with E-state index >= 15 is 0 Å². The minimum Gasteiger partial charge on any atom is -0.258 e. The molecule has 6 heteroatoms. The Balaban J connectivity index is 3.13. The molecule has 78 valence electrons. The molecule has 1 heterocycles. The highest BCUT2D eigenvalue weighted by atomic mass is 79.9. The number of nitrogens with zero attached hydrogens (tertiary/aromatic N) is 1. The Morgan fingerprint density at radius 2 is 2.07 bits per heavy atom. The molecule has 0 N–H and O–H groups in total. The molecule has 0 radical (unpaired) electrons. The van der Waals surface area contributed by atoms with Gasteiger partial charge in [0.05, 0.1) is 21.1 Å². The van der Waals surface area contributed by atoms with Gasteiger partial charge < -0.3 is 0 Å². The topological polar surface area (TPSA) is 12.9 Å². The van der Waals surface area contributed by atoms with Gasteiger partial charge in [-0.2, -0.15) is 13.2 Å². The number of alkyl halides is 4. The predicted molar refractivity (Wildman–Crippen MR) is 51.6 cm³/mol. The van der Waals surface area contributed by atoms with Crippen molar-refractivity contribution < 1.29 is 13.2 Å². The maximum absolute atomic E-state index is 12.2. The average molecular weight is 288 g/mol. The SMILES string of the molecule is C[C@H](Br)c1ncc(C(F)(F)F)cc1Cl. The number of pyridine rings is 1. The lowest BCUT2D eigenvalue weighted by atomic mass is 10.2. The summed E-state index contributed by atoms with van der Waals surface area (Å²) >= 11 is 8.82. The van der Waals surface area contributed by atoms with Gasteiger partial charge in [0.25, 0.3) is 0 Å². The van der Waals surface area contributed by atoms with Gasteiger partial charge in [0.1, 0.15) is 0 Å². The summed E-state index contributed by atoms with van der Waals surface area (Å²) in [5, 5.41) is 0.0178. The summed E-state index contributed by atoms with van der Waals surface area (Å²) in [5.41, 5.74) is -0.431. The van der Waals surface area contributed by atoms with Gasteiger partial charge in [-0.05, 0) is 13.0 Å². The van der Waals surface area contributed by atoms with Crippen molar-refractivity contribution in [2.24, 2.45) is 0 Å². The molecule has 0 unspecified atom stereocenters. The van der Waals surface area contributed by atoms with E-state index in [0.29, 0.717) is 5.69 Å². The van der Waals surface area contributed by atoms with Crippen molar-refractivity contribution in [2.45, 2.75) is 17.9 Å². The van der Waals surface area contributed by atoms with Crippen molar-refractivity contribution >= 4 is 27.5 Å². The molecule has 1 aromatic rings. The van der Waals surface area contributed by atoms with Crippen molar-refractivity contribution in [3.63, 3.8) is 0 Å². The van der Waals surface area contributed by atoms with E-state index in [1.807, 2.05) is 0 Å². The Hall–Kier alpha value is -0.290. The number of rotatable bonds is 1. The van der Waals surface area contributed by atoms with Crippen molar-refractivity contribution in [1.82, 2.24) is 4.98 Å². The number of hydrogen-bond acceptors (Lipinski definition) is 1. The molecular formula is C8H6BrClF3N. The normalized spacial score (nSPS) is 14.1. The summed E-state index contributed by atoms with van der Waals surface area (Å²) in [6.07, 6.45) is -3.62. The summed E-state index contributed by atoms with van der Waals surface area (Å²) in [6.45, 7) is 1.74. The zero-order valence-electron chi connectivity index (χ0n) is 7.07. The molecule has 0 aromatic carbocycles. The quantitative estimate of drug-likeness (QED) is 0.705. The van der Waals surface area contributed by atoms with Crippen LogP contribution in [0.25, 0.3) is 0 Å². The second-order valence-electron chi connectivity index (χ2n) is 2.70. The van der Waals surface area contributed by atoms with Gasteiger partial charge in [-0.1, -0.05) is 27.5 Å². The van der Waals surface area contributed by atoms with Crippen molar-refractivity contribution in [1.29, 1.82) is 0 Å². The van der Waals surface area contributed by atoms with E-state index in [0.717, 1.165) is 12.3 Å². The average Bonchev–Trinajstić information content (AvgIpc) is 2.01. The van der Waals surface area contributed by atoms with Gasteiger partial charge in [0.15, 0.2) is 0 Å². The van der Waals surface area contributed by atoms with Crippen LogP contribution in [0.2, 0.25) is 5.02 Å². The third-order valence-corrected chi connectivity index (χ3v) is 2.31. The molecule has 0 fully saturated rings. The molecule has 0 saturated heterocycles. The zero-order chi connectivity index (χ0) is 10.9. The second-order valence-corrected chi connectivity index (χ2v) is 4.49. The summed E-state index contributed by atoms with van der Waals surface area (Å²) in [7, 11) is 0. The van der Waals surface area contributed by atoms with Crippen molar-refractivity contribution in [3.05, 3.63) is 28.5 Å². The molecule has 0 aliphatic rings. The van der Waals surface area contributed by atoms with E-state index < -0.39 is 11.7 Å². The fourth-order valence-electron chi connectivity index (χ4n) is 0.896. The lowest BCUT2D eigenvalue weighted by Gasteiger charge is -2.09.